The lowest BCUT2D eigenvalue weighted by Crippen LogP contribution is -2.32. The first-order valence-corrected chi connectivity index (χ1v) is 9.87. The molecule has 1 unspecified atom stereocenters. The predicted octanol–water partition coefficient (Wildman–Crippen LogP) is 7.33. The van der Waals surface area contributed by atoms with Crippen LogP contribution in [0.5, 0.6) is 0 Å². The van der Waals surface area contributed by atoms with Gasteiger partial charge in [-0.1, -0.05) is 84.0 Å². The molecule has 1 atom stereocenters. The molecule has 1 heteroatoms. The summed E-state index contributed by atoms with van der Waals surface area (Å²) in [5.41, 5.74) is 0.758. The van der Waals surface area contributed by atoms with Crippen LogP contribution >= 0.6 is 9.90 Å². The summed E-state index contributed by atoms with van der Waals surface area (Å²) in [6.45, 7) is 2.38. The van der Waals surface area contributed by atoms with Crippen molar-refractivity contribution < 1.29 is 0 Å². The van der Waals surface area contributed by atoms with E-state index in [1.807, 2.05) is 0 Å². The lowest BCUT2D eigenvalue weighted by atomic mass is 9.62. The van der Waals surface area contributed by atoms with Crippen LogP contribution in [0.25, 0.3) is 0 Å². The average Bonchev–Trinajstić information content (AvgIpc) is 2.38. The Morgan fingerprint density at radius 2 is 1.19 bits per heavy atom. The van der Waals surface area contributed by atoms with E-state index in [1.54, 1.807) is 32.1 Å². The third-order valence-corrected chi connectivity index (χ3v) is 6.35. The van der Waals surface area contributed by atoms with E-state index in [2.05, 4.69) is 6.92 Å². The van der Waals surface area contributed by atoms with Crippen molar-refractivity contribution in [2.45, 2.75) is 116 Å². The fourth-order valence-electron chi connectivity index (χ4n) is 5.07. The molecule has 0 aromatic rings. The quantitative estimate of drug-likeness (QED) is 0.477. The molecule has 2 aliphatic rings. The summed E-state index contributed by atoms with van der Waals surface area (Å²) in [5, 5.41) is 0. The normalized spacial score (nSPS) is 25.0. The molecule has 2 rings (SSSR count). The van der Waals surface area contributed by atoms with Gasteiger partial charge >= 0.3 is 0 Å². The van der Waals surface area contributed by atoms with Crippen LogP contribution in [0, 0.1) is 11.3 Å². The van der Waals surface area contributed by atoms with Gasteiger partial charge in [-0.2, -0.15) is 9.90 Å². The van der Waals surface area contributed by atoms with Gasteiger partial charge in [-0.25, -0.2) is 0 Å². The molecule has 0 bridgehead atoms. The summed E-state index contributed by atoms with van der Waals surface area (Å²) < 4.78 is 0. The fraction of sp³-hybridized carbons (Fsp3) is 1.00. The van der Waals surface area contributed by atoms with Crippen molar-refractivity contribution in [2.75, 3.05) is 0 Å². The summed E-state index contributed by atoms with van der Waals surface area (Å²) in [6, 6.07) is 0. The monoisotopic (exact) mass is 312 g/mol. The van der Waals surface area contributed by atoms with Gasteiger partial charge in [-0.15, -0.1) is 0 Å². The van der Waals surface area contributed by atoms with Crippen LogP contribution in [0.4, 0.5) is 0 Å². The SMILES string of the molecule is CCCCC1(C2CCCCCCC2)CCCCCCC1.P. The lowest BCUT2D eigenvalue weighted by molar-refractivity contribution is 0.0741. The first-order chi connectivity index (χ1) is 9.87. The van der Waals surface area contributed by atoms with Crippen LogP contribution < -0.4 is 0 Å². The zero-order valence-corrected chi connectivity index (χ0v) is 16.2. The topological polar surface area (TPSA) is 0 Å². The maximum Gasteiger partial charge on any atom is -0.0269 e. The minimum atomic E-state index is 0. The Morgan fingerprint density at radius 1 is 0.714 bits per heavy atom. The molecule has 2 fully saturated rings. The van der Waals surface area contributed by atoms with Crippen molar-refractivity contribution in [1.82, 2.24) is 0 Å². The van der Waals surface area contributed by atoms with E-state index in [-0.39, 0.29) is 9.90 Å². The van der Waals surface area contributed by atoms with Crippen molar-refractivity contribution in [3.8, 4) is 0 Å². The zero-order chi connectivity index (χ0) is 14.1. The van der Waals surface area contributed by atoms with Crippen molar-refractivity contribution in [3.63, 3.8) is 0 Å². The van der Waals surface area contributed by atoms with Crippen LogP contribution in [0.15, 0.2) is 0 Å². The Balaban J connectivity index is 0.00000220. The van der Waals surface area contributed by atoms with Crippen LogP contribution in [-0.4, -0.2) is 0 Å². The molecule has 0 nitrogen and oxygen atoms in total. The molecule has 0 amide bonds. The lowest BCUT2D eigenvalue weighted by Gasteiger charge is -2.44. The van der Waals surface area contributed by atoms with E-state index in [0.29, 0.717) is 0 Å². The van der Waals surface area contributed by atoms with E-state index >= 15 is 0 Å². The maximum atomic E-state index is 2.38. The second-order valence-electron chi connectivity index (χ2n) is 7.78. The van der Waals surface area contributed by atoms with E-state index < -0.39 is 0 Å². The summed E-state index contributed by atoms with van der Waals surface area (Å²) in [4.78, 5) is 0. The molecule has 0 aromatic carbocycles. The van der Waals surface area contributed by atoms with E-state index in [1.165, 1.54) is 77.0 Å². The molecule has 0 radical (unpaired) electrons. The first-order valence-electron chi connectivity index (χ1n) is 9.87. The van der Waals surface area contributed by atoms with E-state index in [9.17, 15) is 0 Å². The van der Waals surface area contributed by atoms with Crippen molar-refractivity contribution >= 4 is 9.90 Å². The van der Waals surface area contributed by atoms with Gasteiger partial charge in [0.2, 0.25) is 0 Å². The Labute approximate surface area is 137 Å². The predicted molar refractivity (Wildman–Crippen MR) is 101 cm³/mol. The zero-order valence-electron chi connectivity index (χ0n) is 14.8. The molecule has 0 N–H and O–H groups in total. The highest BCUT2D eigenvalue weighted by molar-refractivity contribution is 6.92. The smallest absolute Gasteiger partial charge is 0.0269 e. The van der Waals surface area contributed by atoms with Gasteiger partial charge in [-0.05, 0) is 43.4 Å². The van der Waals surface area contributed by atoms with Crippen LogP contribution in [-0.2, 0) is 0 Å². The largest absolute Gasteiger partial charge is 0.153 e. The molecular weight excluding hydrogens is 271 g/mol. The number of hydrogen-bond acceptors (Lipinski definition) is 0. The van der Waals surface area contributed by atoms with Gasteiger partial charge in [0, 0.05) is 0 Å². The molecule has 0 spiro atoms. The van der Waals surface area contributed by atoms with Crippen LogP contribution in [0.2, 0.25) is 0 Å². The van der Waals surface area contributed by atoms with Crippen molar-refractivity contribution in [3.05, 3.63) is 0 Å². The molecule has 126 valence electrons. The summed E-state index contributed by atoms with van der Waals surface area (Å²) in [6.07, 6.45) is 25.9. The van der Waals surface area contributed by atoms with Gasteiger partial charge in [0.15, 0.2) is 0 Å². The highest BCUT2D eigenvalue weighted by Crippen LogP contribution is 2.49. The Morgan fingerprint density at radius 3 is 1.71 bits per heavy atom. The molecule has 0 heterocycles. The van der Waals surface area contributed by atoms with Gasteiger partial charge in [0.1, 0.15) is 0 Å². The number of rotatable bonds is 4. The van der Waals surface area contributed by atoms with Gasteiger partial charge in [0.05, 0.1) is 0 Å². The molecule has 2 saturated carbocycles. The van der Waals surface area contributed by atoms with E-state index in [0.717, 1.165) is 11.3 Å². The Hall–Kier alpha value is 0.430. The van der Waals surface area contributed by atoms with Crippen LogP contribution in [0.3, 0.4) is 0 Å². The molecule has 2 aliphatic carbocycles. The molecular formula is C20H41P. The molecule has 21 heavy (non-hydrogen) atoms. The third-order valence-electron chi connectivity index (χ3n) is 6.35. The number of unbranched alkanes of at least 4 members (excludes halogenated alkanes) is 1. The molecule has 0 saturated heterocycles. The minimum Gasteiger partial charge on any atom is -0.153 e. The fourth-order valence-corrected chi connectivity index (χ4v) is 5.07. The average molecular weight is 313 g/mol. The van der Waals surface area contributed by atoms with Gasteiger partial charge < -0.3 is 0 Å². The first kappa shape index (κ1) is 19.5. The number of hydrogen-bond donors (Lipinski definition) is 0. The van der Waals surface area contributed by atoms with Crippen LogP contribution in [0.1, 0.15) is 116 Å². The molecule has 0 aliphatic heterocycles. The van der Waals surface area contributed by atoms with E-state index in [4.69, 9.17) is 0 Å². The second-order valence-corrected chi connectivity index (χ2v) is 7.78. The highest BCUT2D eigenvalue weighted by atomic mass is 31.0. The Bertz CT molecular complexity index is 227. The summed E-state index contributed by atoms with van der Waals surface area (Å²) >= 11 is 0. The van der Waals surface area contributed by atoms with Gasteiger partial charge in [-0.3, -0.25) is 0 Å². The summed E-state index contributed by atoms with van der Waals surface area (Å²) in [5.74, 6) is 1.08. The highest BCUT2D eigenvalue weighted by Gasteiger charge is 2.37. The minimum absolute atomic E-state index is 0. The third kappa shape index (κ3) is 6.21. The second kappa shape index (κ2) is 11.0. The van der Waals surface area contributed by atoms with Crippen molar-refractivity contribution in [1.29, 1.82) is 0 Å². The van der Waals surface area contributed by atoms with Gasteiger partial charge in [0.25, 0.3) is 0 Å². The molecule has 0 aromatic heterocycles. The summed E-state index contributed by atoms with van der Waals surface area (Å²) in [7, 11) is 0. The standard InChI is InChI=1S/C20H38.H3P/c1-2-3-16-20(17-12-8-5-9-13-18-20)19-14-10-6-4-7-11-15-19;/h19H,2-18H2,1H3;1H3. The van der Waals surface area contributed by atoms with Crippen molar-refractivity contribution in [2.24, 2.45) is 11.3 Å². The Kier molecular flexibility index (Phi) is 10.2. The maximum absolute atomic E-state index is 2.38.